The summed E-state index contributed by atoms with van der Waals surface area (Å²) in [6.07, 6.45) is 0. The first-order valence-corrected chi connectivity index (χ1v) is 14.0. The molecular formula is C23H20ClN7Na2O7S2. The molecule has 14 nitrogen and oxygen atoms in total. The molecule has 3 aromatic carbocycles. The van der Waals surface area contributed by atoms with Crippen molar-refractivity contribution in [1.82, 2.24) is 15.0 Å². The molecular weight excluding hydrogens is 632 g/mol. The van der Waals surface area contributed by atoms with Crippen molar-refractivity contribution in [2.24, 2.45) is 10.2 Å². The van der Waals surface area contributed by atoms with Crippen molar-refractivity contribution in [3.63, 3.8) is 0 Å². The van der Waals surface area contributed by atoms with Crippen molar-refractivity contribution in [1.29, 1.82) is 0 Å². The van der Waals surface area contributed by atoms with Gasteiger partial charge >= 0.3 is 59.1 Å². The van der Waals surface area contributed by atoms with E-state index >= 15 is 0 Å². The Morgan fingerprint density at radius 1 is 1.07 bits per heavy atom. The van der Waals surface area contributed by atoms with Crippen molar-refractivity contribution >= 4 is 73.5 Å². The molecule has 0 saturated carbocycles. The Labute approximate surface area is 294 Å². The van der Waals surface area contributed by atoms with Gasteiger partial charge in [0.15, 0.2) is 5.75 Å². The summed E-state index contributed by atoms with van der Waals surface area (Å²) in [5, 5.41) is 36.6. The summed E-state index contributed by atoms with van der Waals surface area (Å²) >= 11 is 6.54. The Kier molecular flexibility index (Phi) is 14.3. The van der Waals surface area contributed by atoms with Crippen LogP contribution in [0.5, 0.6) is 5.75 Å². The van der Waals surface area contributed by atoms with Crippen molar-refractivity contribution in [2.75, 3.05) is 23.3 Å². The summed E-state index contributed by atoms with van der Waals surface area (Å²) in [4.78, 5) is 14.1. The zero-order valence-corrected chi connectivity index (χ0v) is 29.2. The van der Waals surface area contributed by atoms with Gasteiger partial charge in [-0.25, -0.2) is 8.42 Å². The first-order chi connectivity index (χ1) is 19.1. The molecule has 0 aliphatic heterocycles. The number of hydrogen-bond acceptors (Lipinski definition) is 15. The van der Waals surface area contributed by atoms with E-state index < -0.39 is 15.0 Å². The molecule has 0 atom stereocenters. The number of hydrogen-bond donors (Lipinski definition) is 2. The average molecular weight is 652 g/mol. The van der Waals surface area contributed by atoms with Crippen LogP contribution in [0.15, 0.2) is 68.6 Å². The Morgan fingerprint density at radius 2 is 1.79 bits per heavy atom. The molecule has 4 rings (SSSR count). The van der Waals surface area contributed by atoms with Crippen LogP contribution in [0.3, 0.4) is 0 Å². The van der Waals surface area contributed by atoms with E-state index in [-0.39, 0.29) is 92.4 Å². The van der Waals surface area contributed by atoms with Crippen LogP contribution < -0.4 is 74.6 Å². The maximum atomic E-state index is 11.6. The fourth-order valence-corrected chi connectivity index (χ4v) is 4.93. The van der Waals surface area contributed by atoms with Gasteiger partial charge in [-0.05, 0) is 67.2 Å². The third kappa shape index (κ3) is 8.95. The SMILES string of the molecule is CCN(CC)c1nc(Cl)nc(Nc2ccc3c(O)c(N=Nc4ccccc4S(=O)(=O)[O-])c(SOO[O-])cc3c2)n1.[Na+].[Na+]. The first-order valence-electron chi connectivity index (χ1n) is 11.5. The normalized spacial score (nSPS) is 11.3. The van der Waals surface area contributed by atoms with Gasteiger partial charge in [0.25, 0.3) is 0 Å². The molecule has 42 heavy (non-hydrogen) atoms. The maximum Gasteiger partial charge on any atom is 1.00 e. The number of anilines is 3. The zero-order valence-electron chi connectivity index (χ0n) is 22.8. The number of fused-ring (bicyclic) bond motifs is 1. The van der Waals surface area contributed by atoms with Crippen LogP contribution in [-0.2, 0) is 19.5 Å². The van der Waals surface area contributed by atoms with Gasteiger partial charge in [0, 0.05) is 24.2 Å². The molecule has 0 aliphatic rings. The molecule has 0 spiro atoms. The van der Waals surface area contributed by atoms with E-state index in [2.05, 4.69) is 39.9 Å². The van der Waals surface area contributed by atoms with E-state index in [0.717, 1.165) is 6.07 Å². The minimum atomic E-state index is -4.84. The van der Waals surface area contributed by atoms with E-state index in [9.17, 15) is 23.3 Å². The van der Waals surface area contributed by atoms with E-state index in [1.54, 1.807) is 18.2 Å². The van der Waals surface area contributed by atoms with Gasteiger partial charge < -0.3 is 25.1 Å². The molecule has 0 unspecified atom stereocenters. The number of rotatable bonds is 11. The molecule has 4 aromatic rings. The fourth-order valence-electron chi connectivity index (χ4n) is 3.67. The third-order valence-electron chi connectivity index (χ3n) is 5.49. The van der Waals surface area contributed by atoms with Gasteiger partial charge in [-0.2, -0.15) is 19.3 Å². The van der Waals surface area contributed by atoms with Gasteiger partial charge in [-0.1, -0.05) is 12.1 Å². The number of azo groups is 1. The predicted octanol–water partition coefficient (Wildman–Crippen LogP) is -1.47. The first kappa shape index (κ1) is 36.6. The zero-order chi connectivity index (χ0) is 28.9. The molecule has 0 radical (unpaired) electrons. The van der Waals surface area contributed by atoms with Crippen LogP contribution in [0.25, 0.3) is 10.8 Å². The molecule has 0 fully saturated rings. The predicted molar refractivity (Wildman–Crippen MR) is 144 cm³/mol. The Bertz CT molecular complexity index is 1680. The smallest absolute Gasteiger partial charge is 0.744 e. The number of benzene rings is 3. The Hall–Kier alpha value is -1.64. The summed E-state index contributed by atoms with van der Waals surface area (Å²) in [5.74, 6) is 0.237. The van der Waals surface area contributed by atoms with Gasteiger partial charge in [0.05, 0.1) is 21.8 Å². The van der Waals surface area contributed by atoms with Crippen LogP contribution in [0.4, 0.5) is 29.0 Å². The second-order valence-electron chi connectivity index (χ2n) is 7.87. The van der Waals surface area contributed by atoms with Crippen LogP contribution in [0, 0.1) is 0 Å². The second-order valence-corrected chi connectivity index (χ2v) is 10.3. The third-order valence-corrected chi connectivity index (χ3v) is 7.16. The van der Waals surface area contributed by atoms with Crippen molar-refractivity contribution in [2.45, 2.75) is 23.6 Å². The number of halogens is 1. The monoisotopic (exact) mass is 651 g/mol. The van der Waals surface area contributed by atoms with Crippen molar-refractivity contribution in [3.05, 3.63) is 53.8 Å². The van der Waals surface area contributed by atoms with Crippen LogP contribution >= 0.6 is 23.6 Å². The van der Waals surface area contributed by atoms with Crippen molar-refractivity contribution < 1.29 is 91.8 Å². The Morgan fingerprint density at radius 3 is 2.45 bits per heavy atom. The van der Waals surface area contributed by atoms with Crippen molar-refractivity contribution in [3.8, 4) is 5.75 Å². The van der Waals surface area contributed by atoms with Crippen LogP contribution in [0.2, 0.25) is 5.28 Å². The van der Waals surface area contributed by atoms with E-state index in [1.165, 1.54) is 24.3 Å². The molecule has 2 N–H and O–H groups in total. The van der Waals surface area contributed by atoms with Crippen LogP contribution in [0.1, 0.15) is 13.8 Å². The van der Waals surface area contributed by atoms with E-state index in [0.29, 0.717) is 47.5 Å². The maximum absolute atomic E-state index is 11.6. The second kappa shape index (κ2) is 16.4. The number of phenolic OH excluding ortho intramolecular Hbond substituents is 1. The Balaban J connectivity index is 0.00000308. The summed E-state index contributed by atoms with van der Waals surface area (Å²) in [6, 6.07) is 11.6. The molecule has 19 heteroatoms. The minimum absolute atomic E-state index is 0. The minimum Gasteiger partial charge on any atom is -0.744 e. The standard InChI is InChI=1S/C23H22ClN7O7S2.2Na/c1-3-31(4-2)23-27-21(24)26-22(28-23)25-14-9-10-15-13(11-14)12-17(39-38-37-33)19(20(15)32)30-29-16-7-5-6-8-18(16)40(34,35)36;;/h5-12,32-33H,3-4H2,1-2H3,(H,34,35,36)(H,25,26,27,28);;/q;2*+1/p-2. The molecule has 1 heterocycles. The van der Waals surface area contributed by atoms with Gasteiger partial charge in [0.2, 0.25) is 17.2 Å². The molecule has 0 saturated heterocycles. The van der Waals surface area contributed by atoms with E-state index in [4.69, 9.17) is 11.6 Å². The van der Waals surface area contributed by atoms with Gasteiger partial charge in [0.1, 0.15) is 21.5 Å². The molecule has 0 bridgehead atoms. The summed E-state index contributed by atoms with van der Waals surface area (Å²) in [5.41, 5.74) is 0.121. The number of phenols is 1. The molecule has 0 aliphatic carbocycles. The summed E-state index contributed by atoms with van der Waals surface area (Å²) in [6.45, 7) is 5.25. The summed E-state index contributed by atoms with van der Waals surface area (Å²) < 4.78 is 39.1. The average Bonchev–Trinajstić information content (AvgIpc) is 2.91. The molecule has 1 aromatic heterocycles. The van der Waals surface area contributed by atoms with E-state index in [1.807, 2.05) is 18.7 Å². The quantitative estimate of drug-likeness (QED) is 0.0477. The van der Waals surface area contributed by atoms with Gasteiger partial charge in [-0.3, -0.25) is 5.04 Å². The number of nitrogens with one attached hydrogen (secondary N) is 1. The number of aromatic nitrogens is 3. The van der Waals surface area contributed by atoms with Crippen LogP contribution in [-0.4, -0.2) is 46.1 Å². The van der Waals surface area contributed by atoms with Gasteiger partial charge in [-0.15, -0.1) is 10.2 Å². The largest absolute Gasteiger partial charge is 1.00 e. The summed E-state index contributed by atoms with van der Waals surface area (Å²) in [7, 11) is -4.84. The number of nitrogens with zero attached hydrogens (tertiary/aromatic N) is 6. The number of aromatic hydroxyl groups is 1. The topological polar surface area (TPSA) is 198 Å². The molecule has 210 valence electrons. The molecule has 0 amide bonds. The fraction of sp³-hybridized carbons (Fsp3) is 0.174.